The van der Waals surface area contributed by atoms with Gasteiger partial charge in [-0.2, -0.15) is 4.98 Å². The summed E-state index contributed by atoms with van der Waals surface area (Å²) in [5.74, 6) is 1.09. The van der Waals surface area contributed by atoms with Crippen LogP contribution >= 0.6 is 0 Å². The summed E-state index contributed by atoms with van der Waals surface area (Å²) in [5.41, 5.74) is 5.69. The molecular weight excluding hydrogens is 653 g/mol. The van der Waals surface area contributed by atoms with E-state index in [4.69, 9.17) is 14.1 Å². The standard InChI is InChI=1S/C38H40N6O5S/c1-23-7-4-8-24(2)34(23)30-19-33-42-37(41-30)43-50(46,47)29-11-5-9-26(17-29)36(45)44(28(22-48-33)10-6-14-38(3)15-16-38)21-27-20-39-35-31(40-27)18-32(49-35)25-12-13-25/h4-5,7-9,11,17-20,25,28H,6,10,12-16,21-22H2,1-3H3,(H,41,42,43). The van der Waals surface area contributed by atoms with Crippen LogP contribution in [0.3, 0.4) is 0 Å². The Morgan fingerprint density at radius 1 is 1.00 bits per heavy atom. The van der Waals surface area contributed by atoms with Gasteiger partial charge < -0.3 is 14.1 Å². The molecule has 11 nitrogen and oxygen atoms in total. The molecule has 2 aliphatic carbocycles. The minimum Gasteiger partial charge on any atom is -0.475 e. The first-order valence-electron chi connectivity index (χ1n) is 17.3. The van der Waals surface area contributed by atoms with Crippen LogP contribution in [0.4, 0.5) is 5.95 Å². The van der Waals surface area contributed by atoms with Gasteiger partial charge in [0.15, 0.2) is 0 Å². The lowest BCUT2D eigenvalue weighted by atomic mass is 9.98. The minimum atomic E-state index is -4.17. The number of aryl methyl sites for hydroxylation is 2. The molecule has 3 aliphatic rings. The van der Waals surface area contributed by atoms with Crippen molar-refractivity contribution in [2.75, 3.05) is 11.3 Å². The number of hydrogen-bond donors (Lipinski definition) is 1. The molecule has 0 radical (unpaired) electrons. The zero-order chi connectivity index (χ0) is 34.6. The summed E-state index contributed by atoms with van der Waals surface area (Å²) < 4.78 is 42.4. The van der Waals surface area contributed by atoms with Gasteiger partial charge in [-0.25, -0.2) is 28.1 Å². The molecule has 2 fully saturated rings. The zero-order valence-corrected chi connectivity index (χ0v) is 29.3. The van der Waals surface area contributed by atoms with Crippen molar-refractivity contribution in [3.8, 4) is 17.1 Å². The number of hydrogen-bond acceptors (Lipinski definition) is 9. The molecule has 8 rings (SSSR count). The predicted molar refractivity (Wildman–Crippen MR) is 188 cm³/mol. The van der Waals surface area contributed by atoms with Crippen molar-refractivity contribution in [3.05, 3.63) is 88.9 Å². The molecule has 0 spiro atoms. The first-order chi connectivity index (χ1) is 24.0. The molecule has 1 atom stereocenters. The van der Waals surface area contributed by atoms with Crippen molar-refractivity contribution in [2.24, 2.45) is 5.41 Å². The molecule has 1 amide bonds. The Kier molecular flexibility index (Phi) is 8.08. The highest BCUT2D eigenvalue weighted by Crippen LogP contribution is 2.49. The summed E-state index contributed by atoms with van der Waals surface area (Å²) in [4.78, 5) is 34.8. The third-order valence-electron chi connectivity index (χ3n) is 10.2. The number of amides is 1. The molecule has 2 saturated carbocycles. The number of nitrogens with zero attached hydrogens (tertiary/aromatic N) is 5. The van der Waals surface area contributed by atoms with Crippen LogP contribution < -0.4 is 9.46 Å². The number of anilines is 1. The van der Waals surface area contributed by atoms with Gasteiger partial charge in [0, 0.05) is 29.2 Å². The van der Waals surface area contributed by atoms with Gasteiger partial charge in [-0.15, -0.1) is 0 Å². The SMILES string of the molecule is Cc1cccc(C)c1-c1cc2nc(n1)NS(=O)(=O)c1cccc(c1)C(=O)N(Cc1cnc3oc(C4CC4)cc3n1)C(CCCC1(C)CC1)CO2. The fraction of sp³-hybridized carbons (Fsp3) is 0.395. The van der Waals surface area contributed by atoms with Crippen LogP contribution in [0.25, 0.3) is 22.5 Å². The van der Waals surface area contributed by atoms with Crippen molar-refractivity contribution in [1.29, 1.82) is 0 Å². The summed E-state index contributed by atoms with van der Waals surface area (Å²) in [6, 6.07) is 15.3. The molecule has 50 heavy (non-hydrogen) atoms. The summed E-state index contributed by atoms with van der Waals surface area (Å²) >= 11 is 0. The number of nitrogens with one attached hydrogen (secondary N) is 1. The van der Waals surface area contributed by atoms with Gasteiger partial charge in [-0.05, 0) is 87.1 Å². The number of aromatic nitrogens is 4. The molecule has 2 aromatic carbocycles. The summed E-state index contributed by atoms with van der Waals surface area (Å²) in [6.07, 6.45) is 8.87. The normalized spacial score (nSPS) is 19.5. The summed E-state index contributed by atoms with van der Waals surface area (Å²) in [6.45, 7) is 6.55. The minimum absolute atomic E-state index is 0.0727. The smallest absolute Gasteiger partial charge is 0.264 e. The second-order valence-corrected chi connectivity index (χ2v) is 16.1. The highest BCUT2D eigenvalue weighted by atomic mass is 32.2. The van der Waals surface area contributed by atoms with E-state index in [1.807, 2.05) is 38.1 Å². The molecule has 4 bridgehead atoms. The van der Waals surface area contributed by atoms with Gasteiger partial charge >= 0.3 is 0 Å². The maximum atomic E-state index is 14.5. The third-order valence-corrected chi connectivity index (χ3v) is 11.5. The van der Waals surface area contributed by atoms with E-state index in [1.54, 1.807) is 29.3 Å². The van der Waals surface area contributed by atoms with E-state index >= 15 is 0 Å². The second-order valence-electron chi connectivity index (χ2n) is 14.4. The molecular formula is C38H40N6O5S. The molecule has 1 N–H and O–H groups in total. The first kappa shape index (κ1) is 32.4. The Bertz CT molecular complexity index is 2210. The largest absolute Gasteiger partial charge is 0.475 e. The number of sulfonamides is 1. The van der Waals surface area contributed by atoms with E-state index in [-0.39, 0.29) is 47.4 Å². The Labute approximate surface area is 291 Å². The van der Waals surface area contributed by atoms with E-state index < -0.39 is 10.0 Å². The maximum Gasteiger partial charge on any atom is 0.264 e. The van der Waals surface area contributed by atoms with Gasteiger partial charge in [0.05, 0.1) is 35.1 Å². The van der Waals surface area contributed by atoms with Gasteiger partial charge in [-0.3, -0.25) is 4.79 Å². The lowest BCUT2D eigenvalue weighted by Gasteiger charge is -2.32. The van der Waals surface area contributed by atoms with Crippen molar-refractivity contribution in [3.63, 3.8) is 0 Å². The van der Waals surface area contributed by atoms with E-state index in [2.05, 4.69) is 26.6 Å². The number of carbonyl (C=O) groups is 1. The Hall–Kier alpha value is -4.84. The topological polar surface area (TPSA) is 140 Å². The van der Waals surface area contributed by atoms with Crippen LogP contribution in [-0.2, 0) is 16.6 Å². The Balaban J connectivity index is 1.21. The first-order valence-corrected chi connectivity index (χ1v) is 18.8. The summed E-state index contributed by atoms with van der Waals surface area (Å²) in [5, 5.41) is 0. The van der Waals surface area contributed by atoms with Crippen LogP contribution in [0.5, 0.6) is 5.88 Å². The van der Waals surface area contributed by atoms with Crippen LogP contribution in [-0.4, -0.2) is 51.8 Å². The lowest BCUT2D eigenvalue weighted by Crippen LogP contribution is -2.43. The van der Waals surface area contributed by atoms with Gasteiger partial charge in [0.1, 0.15) is 17.9 Å². The maximum absolute atomic E-state index is 14.5. The quantitative estimate of drug-likeness (QED) is 0.177. The van der Waals surface area contributed by atoms with Gasteiger partial charge in [0.25, 0.3) is 15.9 Å². The van der Waals surface area contributed by atoms with Gasteiger partial charge in [-0.1, -0.05) is 37.6 Å². The molecule has 12 heteroatoms. The molecule has 4 heterocycles. The third kappa shape index (κ3) is 6.68. The average molecular weight is 693 g/mol. The zero-order valence-electron chi connectivity index (χ0n) is 28.5. The number of benzene rings is 2. The van der Waals surface area contributed by atoms with E-state index in [9.17, 15) is 13.2 Å². The highest BCUT2D eigenvalue weighted by molar-refractivity contribution is 7.92. The Morgan fingerprint density at radius 3 is 2.54 bits per heavy atom. The van der Waals surface area contributed by atoms with Crippen molar-refractivity contribution >= 4 is 33.1 Å². The lowest BCUT2D eigenvalue weighted by molar-refractivity contribution is 0.0563. The number of fused-ring (bicyclic) bond motifs is 5. The predicted octanol–water partition coefficient (Wildman–Crippen LogP) is 7.35. The molecule has 3 aromatic heterocycles. The van der Waals surface area contributed by atoms with Crippen molar-refractivity contribution in [1.82, 2.24) is 24.8 Å². The van der Waals surface area contributed by atoms with Crippen LogP contribution in [0.2, 0.25) is 0 Å². The van der Waals surface area contributed by atoms with Crippen molar-refractivity contribution in [2.45, 2.75) is 89.1 Å². The number of furan rings is 1. The average Bonchev–Trinajstić information content (AvgIpc) is 4.02. The molecule has 5 aromatic rings. The number of ether oxygens (including phenoxy) is 1. The fourth-order valence-corrected chi connectivity index (χ4v) is 7.83. The monoisotopic (exact) mass is 692 g/mol. The molecule has 1 unspecified atom stereocenters. The van der Waals surface area contributed by atoms with Crippen LogP contribution in [0.1, 0.15) is 90.7 Å². The van der Waals surface area contributed by atoms with Crippen LogP contribution in [0.15, 0.2) is 70.1 Å². The molecule has 1 aliphatic heterocycles. The van der Waals surface area contributed by atoms with E-state index in [0.717, 1.165) is 48.1 Å². The van der Waals surface area contributed by atoms with E-state index in [1.165, 1.54) is 25.0 Å². The molecule has 258 valence electrons. The second kappa shape index (κ2) is 12.5. The number of carbonyl (C=O) groups excluding carboxylic acids is 1. The van der Waals surface area contributed by atoms with Crippen molar-refractivity contribution < 1.29 is 22.4 Å². The van der Waals surface area contributed by atoms with Gasteiger partial charge in [0.2, 0.25) is 17.5 Å². The Morgan fingerprint density at radius 2 is 1.78 bits per heavy atom. The van der Waals surface area contributed by atoms with E-state index in [0.29, 0.717) is 40.4 Å². The highest BCUT2D eigenvalue weighted by Gasteiger charge is 2.37. The number of rotatable bonds is 8. The van der Waals surface area contributed by atoms with Crippen LogP contribution in [0, 0.1) is 19.3 Å². The fourth-order valence-electron chi connectivity index (χ4n) is 6.84. The molecule has 0 saturated heterocycles. The summed E-state index contributed by atoms with van der Waals surface area (Å²) in [7, 11) is -4.17.